The summed E-state index contributed by atoms with van der Waals surface area (Å²) in [6.45, 7) is 7.65. The van der Waals surface area contributed by atoms with Crippen LogP contribution in [-0.4, -0.2) is 55.6 Å². The van der Waals surface area contributed by atoms with Gasteiger partial charge in [-0.05, 0) is 45.8 Å². The average molecular weight is 338 g/mol. The van der Waals surface area contributed by atoms with Gasteiger partial charge in [-0.2, -0.15) is 0 Å². The molecular formula is C17H31N5S. The predicted molar refractivity (Wildman–Crippen MR) is 99.4 cm³/mol. The number of rotatable bonds is 7. The Labute approximate surface area is 144 Å². The van der Waals surface area contributed by atoms with Crippen molar-refractivity contribution in [3.8, 4) is 0 Å². The summed E-state index contributed by atoms with van der Waals surface area (Å²) >= 11 is 1.71. The van der Waals surface area contributed by atoms with Crippen molar-refractivity contribution in [2.75, 3.05) is 39.8 Å². The second-order valence-corrected chi connectivity index (χ2v) is 7.21. The lowest BCUT2D eigenvalue weighted by atomic mass is 10.2. The van der Waals surface area contributed by atoms with Crippen LogP contribution in [0.25, 0.3) is 0 Å². The van der Waals surface area contributed by atoms with Gasteiger partial charge < -0.3 is 15.5 Å². The normalized spacial score (nSPS) is 17.0. The highest BCUT2D eigenvalue weighted by molar-refractivity contribution is 7.09. The Morgan fingerprint density at radius 2 is 1.96 bits per heavy atom. The average Bonchev–Trinajstić information content (AvgIpc) is 2.81. The van der Waals surface area contributed by atoms with Crippen molar-refractivity contribution in [2.45, 2.75) is 45.4 Å². The Hall–Kier alpha value is -1.14. The van der Waals surface area contributed by atoms with Crippen molar-refractivity contribution >= 4 is 17.3 Å². The fraction of sp³-hybridized carbons (Fsp3) is 0.765. The highest BCUT2D eigenvalue weighted by Crippen LogP contribution is 2.09. The van der Waals surface area contributed by atoms with E-state index >= 15 is 0 Å². The van der Waals surface area contributed by atoms with E-state index in [2.05, 4.69) is 30.9 Å². The van der Waals surface area contributed by atoms with Crippen LogP contribution in [0.1, 0.15) is 42.8 Å². The Bertz CT molecular complexity index is 463. The number of hydrogen-bond donors (Lipinski definition) is 2. The van der Waals surface area contributed by atoms with E-state index in [9.17, 15) is 0 Å². The first kappa shape index (κ1) is 18.2. The highest BCUT2D eigenvalue weighted by Gasteiger charge is 2.08. The number of thiazole rings is 1. The zero-order chi connectivity index (χ0) is 16.3. The van der Waals surface area contributed by atoms with Gasteiger partial charge in [0, 0.05) is 31.9 Å². The quantitative estimate of drug-likeness (QED) is 0.456. The third-order valence-electron chi connectivity index (χ3n) is 4.21. The molecule has 1 aromatic rings. The summed E-state index contributed by atoms with van der Waals surface area (Å²) in [5, 5.41) is 10.0. The molecule has 0 atom stereocenters. The maximum absolute atomic E-state index is 4.48. The minimum atomic E-state index is 0.870. The van der Waals surface area contributed by atoms with E-state index in [4.69, 9.17) is 0 Å². The van der Waals surface area contributed by atoms with E-state index in [-0.39, 0.29) is 0 Å². The van der Waals surface area contributed by atoms with Gasteiger partial charge in [-0.1, -0.05) is 12.8 Å². The van der Waals surface area contributed by atoms with Gasteiger partial charge in [0.15, 0.2) is 5.96 Å². The standard InChI is InChI=1S/C17H31N5S/c1-15-21-16(14-23-15)8-10-20-17(18-2)19-9-7-13-22-11-5-3-4-6-12-22/h14H,3-13H2,1-2H3,(H2,18,19,20). The van der Waals surface area contributed by atoms with Crippen LogP contribution in [0.15, 0.2) is 10.4 Å². The third-order valence-corrected chi connectivity index (χ3v) is 5.03. The lowest BCUT2D eigenvalue weighted by Gasteiger charge is -2.20. The molecule has 0 unspecified atom stereocenters. The maximum Gasteiger partial charge on any atom is 0.190 e. The van der Waals surface area contributed by atoms with Crippen molar-refractivity contribution in [2.24, 2.45) is 4.99 Å². The Morgan fingerprint density at radius 3 is 2.61 bits per heavy atom. The number of aliphatic imine (C=N–C) groups is 1. The Kier molecular flexibility index (Phi) is 8.39. The topological polar surface area (TPSA) is 52.6 Å². The van der Waals surface area contributed by atoms with Crippen LogP contribution >= 0.6 is 11.3 Å². The van der Waals surface area contributed by atoms with Crippen LogP contribution < -0.4 is 10.6 Å². The Morgan fingerprint density at radius 1 is 1.22 bits per heavy atom. The molecule has 0 spiro atoms. The van der Waals surface area contributed by atoms with Gasteiger partial charge in [-0.25, -0.2) is 4.98 Å². The number of nitrogens with one attached hydrogen (secondary N) is 2. The fourth-order valence-corrected chi connectivity index (χ4v) is 3.57. The first-order chi connectivity index (χ1) is 11.3. The third kappa shape index (κ3) is 7.31. The van der Waals surface area contributed by atoms with Crippen molar-refractivity contribution < 1.29 is 0 Å². The molecule has 1 aromatic heterocycles. The number of hydrogen-bond acceptors (Lipinski definition) is 4. The second-order valence-electron chi connectivity index (χ2n) is 6.14. The summed E-state index contributed by atoms with van der Waals surface area (Å²) in [7, 11) is 1.83. The molecule has 1 aliphatic rings. The second kappa shape index (κ2) is 10.6. The van der Waals surface area contributed by atoms with Crippen molar-refractivity contribution in [1.82, 2.24) is 20.5 Å². The van der Waals surface area contributed by atoms with Crippen LogP contribution in [0.4, 0.5) is 0 Å². The molecule has 5 nitrogen and oxygen atoms in total. The van der Waals surface area contributed by atoms with E-state index in [0.29, 0.717) is 0 Å². The number of nitrogens with zero attached hydrogens (tertiary/aromatic N) is 3. The number of aromatic nitrogens is 1. The fourth-order valence-electron chi connectivity index (χ4n) is 2.92. The molecule has 23 heavy (non-hydrogen) atoms. The molecule has 0 aliphatic carbocycles. The Balaban J connectivity index is 1.55. The highest BCUT2D eigenvalue weighted by atomic mass is 32.1. The first-order valence-corrected chi connectivity index (χ1v) is 9.74. The van der Waals surface area contributed by atoms with Crippen LogP contribution in [0.5, 0.6) is 0 Å². The van der Waals surface area contributed by atoms with Crippen molar-refractivity contribution in [3.63, 3.8) is 0 Å². The molecular weight excluding hydrogens is 306 g/mol. The van der Waals surface area contributed by atoms with Crippen LogP contribution in [0, 0.1) is 6.92 Å². The molecule has 2 N–H and O–H groups in total. The summed E-state index contributed by atoms with van der Waals surface area (Å²) in [6.07, 6.45) is 7.66. The number of guanidine groups is 1. The van der Waals surface area contributed by atoms with Gasteiger partial charge in [-0.15, -0.1) is 11.3 Å². The molecule has 0 radical (unpaired) electrons. The molecule has 0 aromatic carbocycles. The number of likely N-dealkylation sites (tertiary alicyclic amines) is 1. The maximum atomic E-state index is 4.48. The summed E-state index contributed by atoms with van der Waals surface area (Å²) in [6, 6.07) is 0. The zero-order valence-electron chi connectivity index (χ0n) is 14.6. The molecule has 1 fully saturated rings. The lowest BCUT2D eigenvalue weighted by molar-refractivity contribution is 0.282. The van der Waals surface area contributed by atoms with Gasteiger partial charge in [0.25, 0.3) is 0 Å². The van der Waals surface area contributed by atoms with Gasteiger partial charge in [0.1, 0.15) is 0 Å². The SMILES string of the molecule is CN=C(NCCCN1CCCCCC1)NCCc1csc(C)n1. The smallest absolute Gasteiger partial charge is 0.190 e. The van der Waals surface area contributed by atoms with Gasteiger partial charge in [0.2, 0.25) is 0 Å². The largest absolute Gasteiger partial charge is 0.356 e. The monoisotopic (exact) mass is 337 g/mol. The van der Waals surface area contributed by atoms with Crippen molar-refractivity contribution in [1.29, 1.82) is 0 Å². The molecule has 1 saturated heterocycles. The summed E-state index contributed by atoms with van der Waals surface area (Å²) in [5.41, 5.74) is 1.16. The molecule has 130 valence electrons. The minimum Gasteiger partial charge on any atom is -0.356 e. The summed E-state index contributed by atoms with van der Waals surface area (Å²) in [4.78, 5) is 11.4. The van der Waals surface area contributed by atoms with E-state index < -0.39 is 0 Å². The van der Waals surface area contributed by atoms with E-state index in [1.54, 1.807) is 11.3 Å². The van der Waals surface area contributed by atoms with Crippen LogP contribution in [0.3, 0.4) is 0 Å². The number of aryl methyl sites for hydroxylation is 1. The molecule has 0 amide bonds. The molecule has 0 bridgehead atoms. The van der Waals surface area contributed by atoms with Crippen LogP contribution in [0.2, 0.25) is 0 Å². The molecule has 1 aliphatic heterocycles. The summed E-state index contributed by atoms with van der Waals surface area (Å²) in [5.74, 6) is 0.896. The summed E-state index contributed by atoms with van der Waals surface area (Å²) < 4.78 is 0. The van der Waals surface area contributed by atoms with Gasteiger partial charge in [-0.3, -0.25) is 4.99 Å². The van der Waals surface area contributed by atoms with E-state index in [0.717, 1.165) is 36.2 Å². The van der Waals surface area contributed by atoms with Gasteiger partial charge >= 0.3 is 0 Å². The lowest BCUT2D eigenvalue weighted by Crippen LogP contribution is -2.39. The molecule has 2 heterocycles. The van der Waals surface area contributed by atoms with E-state index in [1.165, 1.54) is 51.7 Å². The first-order valence-electron chi connectivity index (χ1n) is 8.86. The molecule has 6 heteroatoms. The van der Waals surface area contributed by atoms with E-state index in [1.807, 2.05) is 14.0 Å². The molecule has 0 saturated carbocycles. The predicted octanol–water partition coefficient (Wildman–Crippen LogP) is 2.43. The minimum absolute atomic E-state index is 0.870. The molecule has 2 rings (SSSR count). The van der Waals surface area contributed by atoms with Crippen molar-refractivity contribution in [3.05, 3.63) is 16.1 Å². The zero-order valence-corrected chi connectivity index (χ0v) is 15.4. The van der Waals surface area contributed by atoms with Gasteiger partial charge in [0.05, 0.1) is 10.7 Å². The van der Waals surface area contributed by atoms with Crippen LogP contribution in [-0.2, 0) is 6.42 Å².